The van der Waals surface area contributed by atoms with Gasteiger partial charge in [0.1, 0.15) is 6.61 Å². The summed E-state index contributed by atoms with van der Waals surface area (Å²) in [4.78, 5) is 12.0. The molecular weight excluding hydrogens is 288 g/mol. The monoisotopic (exact) mass is 310 g/mol. The Morgan fingerprint density at radius 1 is 1.00 bits per heavy atom. The van der Waals surface area contributed by atoms with Crippen molar-refractivity contribution in [1.82, 2.24) is 0 Å². The number of hydrogen-bond acceptors (Lipinski definition) is 3. The van der Waals surface area contributed by atoms with Gasteiger partial charge in [0.25, 0.3) is 0 Å². The lowest BCUT2D eigenvalue weighted by atomic mass is 10.1. The summed E-state index contributed by atoms with van der Waals surface area (Å²) in [6.45, 7) is 7.36. The lowest BCUT2D eigenvalue weighted by molar-refractivity contribution is 0.0472. The van der Waals surface area contributed by atoms with Gasteiger partial charge in [-0.25, -0.2) is 4.79 Å². The highest BCUT2D eigenvalue weighted by Gasteiger charge is 2.07. The first-order valence-electron chi connectivity index (χ1n) is 7.78. The van der Waals surface area contributed by atoms with Crippen LogP contribution in [0.5, 0.6) is 0 Å². The Morgan fingerprint density at radius 3 is 2.22 bits per heavy atom. The Labute approximate surface area is 137 Å². The molecule has 3 nitrogen and oxygen atoms in total. The molecule has 0 aliphatic heterocycles. The van der Waals surface area contributed by atoms with Gasteiger partial charge in [0.2, 0.25) is 0 Å². The molecule has 0 unspecified atom stereocenters. The number of carbonyl (C=O) groups excluding carboxylic acids is 1. The van der Waals surface area contributed by atoms with Crippen molar-refractivity contribution in [2.45, 2.75) is 26.6 Å². The van der Waals surface area contributed by atoms with E-state index >= 15 is 0 Å². The zero-order valence-electron chi connectivity index (χ0n) is 13.5. The summed E-state index contributed by atoms with van der Waals surface area (Å²) in [7, 11) is 0. The highest BCUT2D eigenvalue weighted by molar-refractivity contribution is 5.89. The minimum atomic E-state index is -0.321. The Hall–Kier alpha value is -2.39. The second-order valence-electron chi connectivity index (χ2n) is 5.27. The highest BCUT2D eigenvalue weighted by Crippen LogP contribution is 2.10. The van der Waals surface area contributed by atoms with Gasteiger partial charge in [0.15, 0.2) is 0 Å². The SMILES string of the molecule is C=Cc1ccc(COC(=O)c2ccc(COCCC)cc2)cc1. The molecule has 0 amide bonds. The first kappa shape index (κ1) is 17.0. The summed E-state index contributed by atoms with van der Waals surface area (Å²) in [5, 5.41) is 0. The number of ether oxygens (including phenoxy) is 2. The van der Waals surface area contributed by atoms with Gasteiger partial charge in [0, 0.05) is 6.61 Å². The number of hydrogen-bond donors (Lipinski definition) is 0. The smallest absolute Gasteiger partial charge is 0.338 e. The van der Waals surface area contributed by atoms with Crippen molar-refractivity contribution in [3.63, 3.8) is 0 Å². The predicted octanol–water partition coefficient (Wildman–Crippen LogP) is 4.61. The first-order chi connectivity index (χ1) is 11.2. The van der Waals surface area contributed by atoms with Gasteiger partial charge in [-0.15, -0.1) is 0 Å². The molecule has 0 saturated carbocycles. The van der Waals surface area contributed by atoms with Crippen LogP contribution in [-0.4, -0.2) is 12.6 Å². The minimum absolute atomic E-state index is 0.262. The molecule has 0 N–H and O–H groups in total. The van der Waals surface area contributed by atoms with Crippen LogP contribution in [0.15, 0.2) is 55.1 Å². The number of carbonyl (C=O) groups is 1. The fourth-order valence-electron chi connectivity index (χ4n) is 2.05. The van der Waals surface area contributed by atoms with Crippen molar-refractivity contribution in [3.8, 4) is 0 Å². The summed E-state index contributed by atoms with van der Waals surface area (Å²) in [5.41, 5.74) is 3.59. The van der Waals surface area contributed by atoms with Crippen LogP contribution in [0, 0.1) is 0 Å². The summed E-state index contributed by atoms with van der Waals surface area (Å²) < 4.78 is 10.8. The summed E-state index contributed by atoms with van der Waals surface area (Å²) in [6, 6.07) is 15.1. The molecule has 2 rings (SSSR count). The van der Waals surface area contributed by atoms with E-state index in [1.54, 1.807) is 18.2 Å². The van der Waals surface area contributed by atoms with Crippen molar-refractivity contribution < 1.29 is 14.3 Å². The van der Waals surface area contributed by atoms with E-state index in [1.165, 1.54) is 0 Å². The maximum Gasteiger partial charge on any atom is 0.338 e. The van der Waals surface area contributed by atoms with Gasteiger partial charge in [0.05, 0.1) is 12.2 Å². The molecule has 0 spiro atoms. The normalized spacial score (nSPS) is 10.3. The third kappa shape index (κ3) is 5.38. The molecule has 0 radical (unpaired) electrons. The van der Waals surface area contributed by atoms with Gasteiger partial charge >= 0.3 is 5.97 Å². The molecule has 23 heavy (non-hydrogen) atoms. The average Bonchev–Trinajstić information content (AvgIpc) is 2.61. The Balaban J connectivity index is 1.86. The van der Waals surface area contributed by atoms with Gasteiger partial charge in [-0.05, 0) is 35.2 Å². The van der Waals surface area contributed by atoms with Gasteiger partial charge in [-0.2, -0.15) is 0 Å². The third-order valence-corrected chi connectivity index (χ3v) is 3.39. The molecule has 0 aliphatic carbocycles. The van der Waals surface area contributed by atoms with E-state index in [1.807, 2.05) is 36.4 Å². The van der Waals surface area contributed by atoms with E-state index in [9.17, 15) is 4.79 Å². The van der Waals surface area contributed by atoms with E-state index in [0.29, 0.717) is 12.2 Å². The molecule has 2 aromatic rings. The zero-order valence-corrected chi connectivity index (χ0v) is 13.5. The van der Waals surface area contributed by atoms with E-state index < -0.39 is 0 Å². The van der Waals surface area contributed by atoms with E-state index in [0.717, 1.165) is 29.7 Å². The van der Waals surface area contributed by atoms with Crippen molar-refractivity contribution >= 4 is 12.0 Å². The maximum atomic E-state index is 12.0. The van der Waals surface area contributed by atoms with Crippen LogP contribution in [-0.2, 0) is 22.7 Å². The second-order valence-corrected chi connectivity index (χ2v) is 5.27. The Morgan fingerprint density at radius 2 is 1.61 bits per heavy atom. The quantitative estimate of drug-likeness (QED) is 0.527. The zero-order chi connectivity index (χ0) is 16.5. The first-order valence-corrected chi connectivity index (χ1v) is 7.78. The predicted molar refractivity (Wildman–Crippen MR) is 92.0 cm³/mol. The van der Waals surface area contributed by atoms with E-state index in [-0.39, 0.29) is 12.6 Å². The standard InChI is InChI=1S/C20H22O3/c1-3-13-22-14-17-9-11-19(12-10-17)20(21)23-15-18-7-5-16(4-2)6-8-18/h4-12H,2-3,13-15H2,1H3. The van der Waals surface area contributed by atoms with Crippen molar-refractivity contribution in [2.75, 3.05) is 6.61 Å². The summed E-state index contributed by atoms with van der Waals surface area (Å²) in [5.74, 6) is -0.321. The lowest BCUT2D eigenvalue weighted by Crippen LogP contribution is -2.05. The van der Waals surface area contributed by atoms with Gasteiger partial charge in [-0.3, -0.25) is 0 Å². The lowest BCUT2D eigenvalue weighted by Gasteiger charge is -2.07. The molecule has 2 aromatic carbocycles. The number of benzene rings is 2. The molecular formula is C20H22O3. The molecule has 0 saturated heterocycles. The molecule has 0 heterocycles. The summed E-state index contributed by atoms with van der Waals surface area (Å²) in [6.07, 6.45) is 2.78. The van der Waals surface area contributed by atoms with Crippen LogP contribution in [0.4, 0.5) is 0 Å². The van der Waals surface area contributed by atoms with Crippen molar-refractivity contribution in [1.29, 1.82) is 0 Å². The molecule has 0 atom stereocenters. The number of rotatable bonds is 8. The Bertz CT molecular complexity index is 627. The molecule has 0 bridgehead atoms. The molecule has 0 fully saturated rings. The second kappa shape index (κ2) is 8.91. The Kier molecular flexibility index (Phi) is 6.57. The molecule has 0 aromatic heterocycles. The van der Waals surface area contributed by atoms with Crippen LogP contribution < -0.4 is 0 Å². The molecule has 120 valence electrons. The van der Waals surface area contributed by atoms with E-state index in [4.69, 9.17) is 9.47 Å². The van der Waals surface area contributed by atoms with Crippen LogP contribution >= 0.6 is 0 Å². The van der Waals surface area contributed by atoms with Crippen LogP contribution in [0.25, 0.3) is 6.08 Å². The van der Waals surface area contributed by atoms with Gasteiger partial charge in [-0.1, -0.05) is 56.0 Å². The minimum Gasteiger partial charge on any atom is -0.457 e. The fraction of sp³-hybridized carbons (Fsp3) is 0.250. The molecule has 3 heteroatoms. The number of esters is 1. The van der Waals surface area contributed by atoms with Gasteiger partial charge < -0.3 is 9.47 Å². The van der Waals surface area contributed by atoms with Crippen LogP contribution in [0.1, 0.15) is 40.4 Å². The summed E-state index contributed by atoms with van der Waals surface area (Å²) >= 11 is 0. The van der Waals surface area contributed by atoms with Crippen LogP contribution in [0.3, 0.4) is 0 Å². The average molecular weight is 310 g/mol. The molecule has 0 aliphatic rings. The largest absolute Gasteiger partial charge is 0.457 e. The van der Waals surface area contributed by atoms with Crippen molar-refractivity contribution in [2.24, 2.45) is 0 Å². The third-order valence-electron chi connectivity index (χ3n) is 3.39. The maximum absolute atomic E-state index is 12.0. The van der Waals surface area contributed by atoms with E-state index in [2.05, 4.69) is 13.5 Å². The topological polar surface area (TPSA) is 35.5 Å². The van der Waals surface area contributed by atoms with Crippen LogP contribution in [0.2, 0.25) is 0 Å². The van der Waals surface area contributed by atoms with Crippen molar-refractivity contribution in [3.05, 3.63) is 77.4 Å². The fourth-order valence-corrected chi connectivity index (χ4v) is 2.05. The highest BCUT2D eigenvalue weighted by atomic mass is 16.5.